The average Bonchev–Trinajstić information content (AvgIpc) is 3.10. The number of nitrogens with one attached hydrogen (secondary N) is 1. The Bertz CT molecular complexity index is 991. The fourth-order valence-corrected chi connectivity index (χ4v) is 5.86. The smallest absolute Gasteiger partial charge is 0.255 e. The van der Waals surface area contributed by atoms with E-state index in [1.54, 1.807) is 28.6 Å². The molecule has 4 rings (SSSR count). The molecule has 2 aromatic carbocycles. The van der Waals surface area contributed by atoms with Gasteiger partial charge in [-0.15, -0.1) is 0 Å². The SMILES string of the molecule is O=C(Nc1cccc(N2CCCCC2)c1)c1ccc(S(=O)(=O)N2CCCCCC2)cc1. The predicted octanol–water partition coefficient (Wildman–Crippen LogP) is 4.49. The molecule has 0 saturated carbocycles. The van der Waals surface area contributed by atoms with E-state index >= 15 is 0 Å². The summed E-state index contributed by atoms with van der Waals surface area (Å²) < 4.78 is 27.4. The first kappa shape index (κ1) is 21.8. The third-order valence-electron chi connectivity index (χ3n) is 6.14. The minimum Gasteiger partial charge on any atom is -0.371 e. The number of benzene rings is 2. The maximum absolute atomic E-state index is 12.9. The molecule has 1 N–H and O–H groups in total. The van der Waals surface area contributed by atoms with Crippen molar-refractivity contribution in [3.8, 4) is 0 Å². The van der Waals surface area contributed by atoms with Gasteiger partial charge in [-0.2, -0.15) is 4.31 Å². The van der Waals surface area contributed by atoms with Gasteiger partial charge in [0.2, 0.25) is 10.0 Å². The van der Waals surface area contributed by atoms with Crippen molar-refractivity contribution in [1.29, 1.82) is 0 Å². The zero-order valence-corrected chi connectivity index (χ0v) is 18.7. The predicted molar refractivity (Wildman–Crippen MR) is 124 cm³/mol. The van der Waals surface area contributed by atoms with E-state index in [9.17, 15) is 13.2 Å². The second kappa shape index (κ2) is 9.83. The second-order valence-electron chi connectivity index (χ2n) is 8.39. The van der Waals surface area contributed by atoms with Crippen molar-refractivity contribution in [2.45, 2.75) is 49.8 Å². The number of anilines is 2. The molecule has 7 heteroatoms. The first-order valence-electron chi connectivity index (χ1n) is 11.3. The van der Waals surface area contributed by atoms with Crippen LogP contribution in [0, 0.1) is 0 Å². The number of hydrogen-bond acceptors (Lipinski definition) is 4. The zero-order chi connectivity index (χ0) is 21.7. The first-order valence-corrected chi connectivity index (χ1v) is 12.7. The van der Waals surface area contributed by atoms with Crippen LogP contribution in [0.5, 0.6) is 0 Å². The Morgan fingerprint density at radius 3 is 2.06 bits per heavy atom. The van der Waals surface area contributed by atoms with Gasteiger partial charge < -0.3 is 10.2 Å². The normalized spacial score (nSPS) is 18.4. The number of nitrogens with zero attached hydrogens (tertiary/aromatic N) is 2. The van der Waals surface area contributed by atoms with Gasteiger partial charge in [0.25, 0.3) is 5.91 Å². The molecule has 2 aliphatic rings. The number of hydrogen-bond donors (Lipinski definition) is 1. The molecule has 0 unspecified atom stereocenters. The van der Waals surface area contributed by atoms with Crippen LogP contribution < -0.4 is 10.2 Å². The highest BCUT2D eigenvalue weighted by Gasteiger charge is 2.25. The van der Waals surface area contributed by atoms with E-state index in [4.69, 9.17) is 0 Å². The van der Waals surface area contributed by atoms with Gasteiger partial charge in [-0.05, 0) is 74.6 Å². The zero-order valence-electron chi connectivity index (χ0n) is 17.9. The Balaban J connectivity index is 1.44. The number of rotatable bonds is 5. The average molecular weight is 442 g/mol. The van der Waals surface area contributed by atoms with Gasteiger partial charge in [0.05, 0.1) is 4.90 Å². The number of carbonyl (C=O) groups is 1. The summed E-state index contributed by atoms with van der Waals surface area (Å²) in [5.41, 5.74) is 2.31. The Morgan fingerprint density at radius 2 is 1.39 bits per heavy atom. The van der Waals surface area contributed by atoms with Gasteiger partial charge in [-0.3, -0.25) is 4.79 Å². The first-order chi connectivity index (χ1) is 15.0. The lowest BCUT2D eigenvalue weighted by Crippen LogP contribution is -2.31. The summed E-state index contributed by atoms with van der Waals surface area (Å²) in [4.78, 5) is 15.3. The van der Waals surface area contributed by atoms with Crippen LogP contribution in [0.3, 0.4) is 0 Å². The maximum atomic E-state index is 12.9. The van der Waals surface area contributed by atoms with E-state index in [1.165, 1.54) is 19.3 Å². The molecule has 1 amide bonds. The number of amides is 1. The van der Waals surface area contributed by atoms with Crippen LogP contribution in [0.25, 0.3) is 0 Å². The molecular weight excluding hydrogens is 410 g/mol. The summed E-state index contributed by atoms with van der Waals surface area (Å²) >= 11 is 0. The summed E-state index contributed by atoms with van der Waals surface area (Å²) in [6, 6.07) is 14.2. The molecule has 0 radical (unpaired) electrons. The lowest BCUT2D eigenvalue weighted by atomic mass is 10.1. The standard InChI is InChI=1S/C24H31N3O3S/c28-24(25-21-9-8-10-22(19-21)26-15-4-3-5-16-26)20-11-13-23(14-12-20)31(29,30)27-17-6-1-2-7-18-27/h8-14,19H,1-7,15-18H2,(H,25,28). The summed E-state index contributed by atoms with van der Waals surface area (Å²) in [5.74, 6) is -0.241. The topological polar surface area (TPSA) is 69.7 Å². The van der Waals surface area contributed by atoms with Gasteiger partial charge in [0.15, 0.2) is 0 Å². The summed E-state index contributed by atoms with van der Waals surface area (Å²) in [5, 5.41) is 2.94. The maximum Gasteiger partial charge on any atom is 0.255 e. The lowest BCUT2D eigenvalue weighted by Gasteiger charge is -2.29. The molecule has 0 bridgehead atoms. The fourth-order valence-electron chi connectivity index (χ4n) is 4.35. The molecule has 2 aromatic rings. The minimum atomic E-state index is -3.51. The van der Waals surface area contributed by atoms with Gasteiger partial charge >= 0.3 is 0 Å². The Labute approximate surface area is 185 Å². The summed E-state index contributed by atoms with van der Waals surface area (Å²) in [7, 11) is -3.51. The van der Waals surface area contributed by atoms with E-state index in [-0.39, 0.29) is 10.8 Å². The van der Waals surface area contributed by atoms with Gasteiger partial charge in [-0.1, -0.05) is 18.9 Å². The molecule has 2 saturated heterocycles. The molecule has 166 valence electrons. The van der Waals surface area contributed by atoms with Crippen molar-refractivity contribution < 1.29 is 13.2 Å². The molecule has 6 nitrogen and oxygen atoms in total. The Kier molecular flexibility index (Phi) is 6.92. The third-order valence-corrected chi connectivity index (χ3v) is 8.06. The van der Waals surface area contributed by atoms with Crippen molar-refractivity contribution >= 4 is 27.3 Å². The fraction of sp³-hybridized carbons (Fsp3) is 0.458. The van der Waals surface area contributed by atoms with Gasteiger partial charge in [-0.25, -0.2) is 8.42 Å². The molecular formula is C24H31N3O3S. The molecule has 2 aliphatic heterocycles. The third kappa shape index (κ3) is 5.28. The largest absolute Gasteiger partial charge is 0.371 e. The summed E-state index contributed by atoms with van der Waals surface area (Å²) in [6.45, 7) is 3.23. The van der Waals surface area contributed by atoms with Gasteiger partial charge in [0, 0.05) is 43.1 Å². The number of sulfonamides is 1. The van der Waals surface area contributed by atoms with E-state index in [2.05, 4.69) is 16.3 Å². The molecule has 2 heterocycles. The highest BCUT2D eigenvalue weighted by Crippen LogP contribution is 2.24. The molecule has 0 atom stereocenters. The Hall–Kier alpha value is -2.38. The van der Waals surface area contributed by atoms with E-state index in [0.717, 1.165) is 50.1 Å². The van der Waals surface area contributed by atoms with Crippen molar-refractivity contribution in [2.75, 3.05) is 36.4 Å². The molecule has 0 aliphatic carbocycles. The van der Waals surface area contributed by atoms with E-state index in [0.29, 0.717) is 18.7 Å². The van der Waals surface area contributed by atoms with Crippen LogP contribution in [-0.2, 0) is 10.0 Å². The quantitative estimate of drug-likeness (QED) is 0.742. The van der Waals surface area contributed by atoms with Crippen LogP contribution in [0.4, 0.5) is 11.4 Å². The molecule has 2 fully saturated rings. The van der Waals surface area contributed by atoms with Crippen LogP contribution in [0.15, 0.2) is 53.4 Å². The Morgan fingerprint density at radius 1 is 0.774 bits per heavy atom. The van der Waals surface area contributed by atoms with Crippen molar-refractivity contribution in [3.05, 3.63) is 54.1 Å². The van der Waals surface area contributed by atoms with Gasteiger partial charge in [0.1, 0.15) is 0 Å². The summed E-state index contributed by atoms with van der Waals surface area (Å²) in [6.07, 6.45) is 7.61. The van der Waals surface area contributed by atoms with Crippen LogP contribution in [0.2, 0.25) is 0 Å². The van der Waals surface area contributed by atoms with Crippen LogP contribution >= 0.6 is 0 Å². The van der Waals surface area contributed by atoms with Crippen molar-refractivity contribution in [2.24, 2.45) is 0 Å². The number of carbonyl (C=O) groups excluding carboxylic acids is 1. The van der Waals surface area contributed by atoms with Crippen molar-refractivity contribution in [3.63, 3.8) is 0 Å². The highest BCUT2D eigenvalue weighted by molar-refractivity contribution is 7.89. The van der Waals surface area contributed by atoms with E-state index in [1.807, 2.05) is 18.2 Å². The van der Waals surface area contributed by atoms with E-state index < -0.39 is 10.0 Å². The van der Waals surface area contributed by atoms with Crippen molar-refractivity contribution in [1.82, 2.24) is 4.31 Å². The van der Waals surface area contributed by atoms with Crippen LogP contribution in [-0.4, -0.2) is 44.8 Å². The lowest BCUT2D eigenvalue weighted by molar-refractivity contribution is 0.102. The second-order valence-corrected chi connectivity index (χ2v) is 10.3. The van der Waals surface area contributed by atoms with Crippen LogP contribution in [0.1, 0.15) is 55.3 Å². The molecule has 31 heavy (non-hydrogen) atoms. The molecule has 0 spiro atoms. The number of piperidine rings is 1. The monoisotopic (exact) mass is 441 g/mol. The molecule has 0 aromatic heterocycles. The highest BCUT2D eigenvalue weighted by atomic mass is 32.2. The minimum absolute atomic E-state index is 0.241.